The van der Waals surface area contributed by atoms with Crippen LogP contribution >= 0.6 is 0 Å². The first-order valence-corrected chi connectivity index (χ1v) is 17.5. The lowest BCUT2D eigenvalue weighted by Gasteiger charge is -2.24. The average molecular weight is 452 g/mol. The Labute approximate surface area is 187 Å². The van der Waals surface area contributed by atoms with Gasteiger partial charge in [-0.3, -0.25) is 5.32 Å². The van der Waals surface area contributed by atoms with Crippen LogP contribution in [0.15, 0.2) is 70.6 Å². The summed E-state index contributed by atoms with van der Waals surface area (Å²) in [4.78, 5) is 9.55. The molecule has 31 heavy (non-hydrogen) atoms. The Kier molecular flexibility index (Phi) is 6.34. The van der Waals surface area contributed by atoms with Gasteiger partial charge in [-0.05, 0) is 12.1 Å². The van der Waals surface area contributed by atoms with Crippen molar-refractivity contribution >= 4 is 38.6 Å². The van der Waals surface area contributed by atoms with Crippen LogP contribution in [0.5, 0.6) is 0 Å². The zero-order chi connectivity index (χ0) is 21.9. The fourth-order valence-corrected chi connectivity index (χ4v) is 9.90. The van der Waals surface area contributed by atoms with E-state index in [4.69, 9.17) is 19.5 Å². The molecule has 2 unspecified atom stereocenters. The summed E-state index contributed by atoms with van der Waals surface area (Å²) in [5.74, 6) is 0. The molecule has 0 aliphatic carbocycles. The van der Waals surface area contributed by atoms with Crippen molar-refractivity contribution in [2.24, 2.45) is 9.98 Å². The molecule has 0 fully saturated rings. The molecule has 2 aliphatic heterocycles. The second-order valence-electron chi connectivity index (χ2n) is 9.83. The molecule has 2 aromatic rings. The topological polar surface area (TPSA) is 55.2 Å². The second-order valence-corrected chi connectivity index (χ2v) is 19.3. The van der Waals surface area contributed by atoms with Crippen LogP contribution in [0.1, 0.15) is 0 Å². The molecule has 5 nitrogen and oxygen atoms in total. The third-order valence-corrected chi connectivity index (χ3v) is 13.0. The van der Waals surface area contributed by atoms with Gasteiger partial charge < -0.3 is 9.47 Å². The molecule has 0 saturated carbocycles. The number of nitrogens with zero attached hydrogens (tertiary/aromatic N) is 2. The lowest BCUT2D eigenvalue weighted by Crippen LogP contribution is -2.43. The van der Waals surface area contributed by atoms with E-state index in [1.165, 1.54) is 10.4 Å². The maximum atomic E-state index is 5.82. The molecule has 2 aromatic carbocycles. The predicted molar refractivity (Wildman–Crippen MR) is 134 cm³/mol. The Bertz CT molecular complexity index is 868. The molecule has 0 radical (unpaired) electrons. The van der Waals surface area contributed by atoms with Crippen LogP contribution in [0.4, 0.5) is 0 Å². The number of hydrogen-bond donors (Lipinski definition) is 1. The second kappa shape index (κ2) is 9.00. The van der Waals surface area contributed by atoms with Crippen LogP contribution in [0, 0.1) is 0 Å². The van der Waals surface area contributed by atoms with Crippen molar-refractivity contribution in [3.63, 3.8) is 0 Å². The molecular weight excluding hydrogens is 418 g/mol. The minimum atomic E-state index is -1.56. The highest BCUT2D eigenvalue weighted by atomic mass is 28.3. The van der Waals surface area contributed by atoms with Crippen LogP contribution in [-0.2, 0) is 9.47 Å². The molecule has 7 heteroatoms. The van der Waals surface area contributed by atoms with Crippen molar-refractivity contribution in [1.82, 2.24) is 5.32 Å². The summed E-state index contributed by atoms with van der Waals surface area (Å²) in [6, 6.07) is 25.2. The van der Waals surface area contributed by atoms with Gasteiger partial charge in [0, 0.05) is 0 Å². The average Bonchev–Trinajstić information content (AvgIpc) is 3.38. The fraction of sp³-hybridized carbons (Fsp3) is 0.417. The molecule has 0 aromatic heterocycles. The SMILES string of the molecule is C[Si](C)(CC1COC(NC2=NC(C[Si](C)(C)c3ccccc3)CO2)=N1)c1ccccc1. The van der Waals surface area contributed by atoms with Gasteiger partial charge in [-0.2, -0.15) is 0 Å². The Hall–Kier alpha value is -2.39. The quantitative estimate of drug-likeness (QED) is 0.686. The Morgan fingerprint density at radius 1 is 0.710 bits per heavy atom. The first kappa shape index (κ1) is 21.8. The Balaban J connectivity index is 1.33. The van der Waals surface area contributed by atoms with Gasteiger partial charge in [-0.1, -0.05) is 97.2 Å². The number of benzene rings is 2. The third-order valence-electron chi connectivity index (χ3n) is 6.24. The van der Waals surface area contributed by atoms with Gasteiger partial charge in [0.15, 0.2) is 0 Å². The molecule has 164 valence electrons. The largest absolute Gasteiger partial charge is 0.463 e. The normalized spacial score (nSPS) is 21.2. The number of nitrogens with one attached hydrogen (secondary N) is 1. The first-order valence-electron chi connectivity index (χ1n) is 11.1. The van der Waals surface area contributed by atoms with E-state index in [9.17, 15) is 0 Å². The maximum Gasteiger partial charge on any atom is 0.293 e. The number of aliphatic imine (C=N–C) groups is 2. The third kappa shape index (κ3) is 5.46. The van der Waals surface area contributed by atoms with E-state index >= 15 is 0 Å². The molecule has 1 N–H and O–H groups in total. The maximum absolute atomic E-state index is 5.82. The van der Waals surface area contributed by atoms with Gasteiger partial charge >= 0.3 is 0 Å². The molecule has 2 heterocycles. The van der Waals surface area contributed by atoms with Crippen LogP contribution in [0.25, 0.3) is 0 Å². The van der Waals surface area contributed by atoms with E-state index in [0.717, 1.165) is 12.1 Å². The summed E-state index contributed by atoms with van der Waals surface area (Å²) in [6.45, 7) is 10.8. The highest BCUT2D eigenvalue weighted by Crippen LogP contribution is 2.20. The van der Waals surface area contributed by atoms with Crippen molar-refractivity contribution in [3.8, 4) is 0 Å². The summed E-state index contributed by atoms with van der Waals surface area (Å²) in [5, 5.41) is 6.10. The first-order chi connectivity index (χ1) is 14.8. The van der Waals surface area contributed by atoms with Crippen molar-refractivity contribution < 1.29 is 9.47 Å². The smallest absolute Gasteiger partial charge is 0.293 e. The van der Waals surface area contributed by atoms with Crippen LogP contribution in [-0.4, -0.2) is 53.5 Å². The number of ether oxygens (including phenoxy) is 2. The van der Waals surface area contributed by atoms with E-state index in [-0.39, 0.29) is 12.1 Å². The highest BCUT2D eigenvalue weighted by molar-refractivity contribution is 6.90. The molecule has 0 spiro atoms. The van der Waals surface area contributed by atoms with Gasteiger partial charge in [0.1, 0.15) is 13.2 Å². The summed E-state index contributed by atoms with van der Waals surface area (Å²) >= 11 is 0. The van der Waals surface area contributed by atoms with Gasteiger partial charge in [0.25, 0.3) is 12.0 Å². The molecule has 0 amide bonds. The molecule has 4 rings (SSSR count). The monoisotopic (exact) mass is 451 g/mol. The Morgan fingerprint density at radius 2 is 1.10 bits per heavy atom. The Morgan fingerprint density at radius 3 is 1.48 bits per heavy atom. The lowest BCUT2D eigenvalue weighted by molar-refractivity contribution is 0.296. The summed E-state index contributed by atoms with van der Waals surface area (Å²) in [5.41, 5.74) is 0. The summed E-state index contributed by atoms with van der Waals surface area (Å²) < 4.78 is 11.6. The lowest BCUT2D eigenvalue weighted by atomic mass is 10.4. The van der Waals surface area contributed by atoms with Crippen LogP contribution < -0.4 is 15.7 Å². The predicted octanol–water partition coefficient (Wildman–Crippen LogP) is 3.32. The standard InChI is InChI=1S/C24H33N3O2Si2/c1-30(2,21-11-7-5-8-12-21)17-19-15-28-23(25-19)27-24-26-20(16-29-24)18-31(3,4)22-13-9-6-10-14-22/h5-14,19-20H,15-18H2,1-4H3,(H,25,26,27). The minimum Gasteiger partial charge on any atom is -0.463 e. The number of hydrogen-bond acceptors (Lipinski definition) is 5. The number of amidine groups is 2. The van der Waals surface area contributed by atoms with E-state index in [1.807, 2.05) is 0 Å². The zero-order valence-corrected chi connectivity index (χ0v) is 21.0. The van der Waals surface area contributed by atoms with Gasteiger partial charge in [-0.25, -0.2) is 9.98 Å². The van der Waals surface area contributed by atoms with Crippen molar-refractivity contribution in [2.75, 3.05) is 13.2 Å². The van der Waals surface area contributed by atoms with E-state index in [1.54, 1.807) is 0 Å². The van der Waals surface area contributed by atoms with E-state index < -0.39 is 16.1 Å². The van der Waals surface area contributed by atoms with Crippen molar-refractivity contribution in [2.45, 2.75) is 50.4 Å². The number of rotatable bonds is 6. The van der Waals surface area contributed by atoms with Crippen molar-refractivity contribution in [3.05, 3.63) is 60.7 Å². The fourth-order valence-electron chi connectivity index (χ4n) is 4.46. The molecular formula is C24H33N3O2Si2. The minimum absolute atomic E-state index is 0.187. The molecule has 0 saturated heterocycles. The van der Waals surface area contributed by atoms with Crippen molar-refractivity contribution in [1.29, 1.82) is 0 Å². The summed E-state index contributed by atoms with van der Waals surface area (Å²) in [6.07, 6.45) is 0. The zero-order valence-electron chi connectivity index (χ0n) is 19.0. The van der Waals surface area contributed by atoms with E-state index in [0.29, 0.717) is 25.3 Å². The molecule has 0 bridgehead atoms. The van der Waals surface area contributed by atoms with Gasteiger partial charge in [0.2, 0.25) is 0 Å². The molecule has 2 aliphatic rings. The van der Waals surface area contributed by atoms with Crippen LogP contribution in [0.3, 0.4) is 0 Å². The highest BCUT2D eigenvalue weighted by Gasteiger charge is 2.33. The summed E-state index contributed by atoms with van der Waals surface area (Å²) in [7, 11) is -3.12. The van der Waals surface area contributed by atoms with Crippen LogP contribution in [0.2, 0.25) is 38.3 Å². The van der Waals surface area contributed by atoms with Gasteiger partial charge in [-0.15, -0.1) is 0 Å². The van der Waals surface area contributed by atoms with Gasteiger partial charge in [0.05, 0.1) is 28.2 Å². The van der Waals surface area contributed by atoms with E-state index in [2.05, 4.69) is 92.2 Å². The molecule has 2 atom stereocenters.